The number of aromatic nitrogens is 2. The molecule has 1 aliphatic rings. The number of phenols is 1. The quantitative estimate of drug-likeness (QED) is 0.179. The van der Waals surface area contributed by atoms with E-state index >= 15 is 0 Å². The average Bonchev–Trinajstić information content (AvgIpc) is 3.46. The summed E-state index contributed by atoms with van der Waals surface area (Å²) in [5.41, 5.74) is 2.59. The summed E-state index contributed by atoms with van der Waals surface area (Å²) in [7, 11) is 2.85. The summed E-state index contributed by atoms with van der Waals surface area (Å²) >= 11 is 0. The van der Waals surface area contributed by atoms with Crippen LogP contribution in [0.4, 0.5) is 5.95 Å². The highest BCUT2D eigenvalue weighted by Crippen LogP contribution is 2.46. The molecule has 0 saturated carbocycles. The summed E-state index contributed by atoms with van der Waals surface area (Å²) in [6.07, 6.45) is 0. The number of phenolic OH excluding ortho intramolecular Hbond substituents is 1. The fourth-order valence-corrected chi connectivity index (χ4v) is 4.78. The summed E-state index contributed by atoms with van der Waals surface area (Å²) < 4.78 is 16.5. The van der Waals surface area contributed by atoms with Crippen molar-refractivity contribution in [3.63, 3.8) is 0 Å². The standard InChI is InChI=1S/C29H27N3O7/c1-5-39-22-14-16(10-12-19(22)33)25-24(26(34)23-20(37-3)7-6-8-21(23)38-4)27(35)28(36)32(25)29-30-17-11-9-15(2)13-18(17)31-29/h6-14,25,33-34H,5H2,1-4H3,(H,30,31)/b26-24+. The van der Waals surface area contributed by atoms with Crippen molar-refractivity contribution in [1.29, 1.82) is 0 Å². The normalized spacial score (nSPS) is 16.6. The van der Waals surface area contributed by atoms with Gasteiger partial charge in [0.15, 0.2) is 11.5 Å². The molecule has 1 fully saturated rings. The van der Waals surface area contributed by atoms with Crippen LogP contribution < -0.4 is 19.1 Å². The monoisotopic (exact) mass is 529 g/mol. The van der Waals surface area contributed by atoms with Crippen LogP contribution in [0.3, 0.4) is 0 Å². The van der Waals surface area contributed by atoms with E-state index in [2.05, 4.69) is 9.97 Å². The van der Waals surface area contributed by atoms with Crippen molar-refractivity contribution < 1.29 is 34.0 Å². The van der Waals surface area contributed by atoms with Gasteiger partial charge in [-0.3, -0.25) is 14.5 Å². The van der Waals surface area contributed by atoms with Gasteiger partial charge in [-0.1, -0.05) is 18.2 Å². The number of aliphatic hydroxyl groups is 1. The largest absolute Gasteiger partial charge is 0.506 e. The Morgan fingerprint density at radius 3 is 2.41 bits per heavy atom. The zero-order valence-corrected chi connectivity index (χ0v) is 21.8. The summed E-state index contributed by atoms with van der Waals surface area (Å²) in [5.74, 6) is -1.62. The highest BCUT2D eigenvalue weighted by atomic mass is 16.5. The number of H-pyrrole nitrogens is 1. The highest BCUT2D eigenvalue weighted by Gasteiger charge is 2.49. The van der Waals surface area contributed by atoms with Crippen LogP contribution >= 0.6 is 0 Å². The molecule has 0 spiro atoms. The third kappa shape index (κ3) is 4.29. The molecule has 200 valence electrons. The van der Waals surface area contributed by atoms with E-state index in [9.17, 15) is 19.8 Å². The number of anilines is 1. The van der Waals surface area contributed by atoms with Gasteiger partial charge in [0.25, 0.3) is 5.78 Å². The smallest absolute Gasteiger partial charge is 0.302 e. The fraction of sp³-hybridized carbons (Fsp3) is 0.207. The number of benzene rings is 3. The third-order valence-electron chi connectivity index (χ3n) is 6.56. The summed E-state index contributed by atoms with van der Waals surface area (Å²) in [5, 5.41) is 22.0. The summed E-state index contributed by atoms with van der Waals surface area (Å²) in [6.45, 7) is 3.97. The molecule has 1 aliphatic heterocycles. The van der Waals surface area contributed by atoms with E-state index in [1.54, 1.807) is 31.2 Å². The second kappa shape index (κ2) is 10.1. The van der Waals surface area contributed by atoms with Crippen LogP contribution in [0, 0.1) is 6.92 Å². The number of carbonyl (C=O) groups is 2. The van der Waals surface area contributed by atoms with E-state index in [1.165, 1.54) is 31.3 Å². The maximum atomic E-state index is 13.6. The van der Waals surface area contributed by atoms with Crippen LogP contribution in [0.25, 0.3) is 16.8 Å². The minimum absolute atomic E-state index is 0.108. The zero-order valence-electron chi connectivity index (χ0n) is 21.8. The number of nitrogens with zero attached hydrogens (tertiary/aromatic N) is 2. The molecule has 10 heteroatoms. The number of carbonyl (C=O) groups excluding carboxylic acids is 2. The number of imidazole rings is 1. The molecule has 3 N–H and O–H groups in total. The van der Waals surface area contributed by atoms with Gasteiger partial charge in [0.2, 0.25) is 5.95 Å². The first kappa shape index (κ1) is 25.7. The lowest BCUT2D eigenvalue weighted by atomic mass is 9.94. The first-order valence-corrected chi connectivity index (χ1v) is 12.2. The topological polar surface area (TPSA) is 134 Å². The Labute approximate surface area is 224 Å². The molecule has 1 saturated heterocycles. The van der Waals surface area contributed by atoms with Gasteiger partial charge in [0.1, 0.15) is 22.8 Å². The molecule has 1 amide bonds. The van der Waals surface area contributed by atoms with Gasteiger partial charge in [-0.05, 0) is 61.4 Å². The maximum absolute atomic E-state index is 13.6. The van der Waals surface area contributed by atoms with Crippen molar-refractivity contribution in [2.75, 3.05) is 25.7 Å². The van der Waals surface area contributed by atoms with Crippen molar-refractivity contribution in [2.45, 2.75) is 19.9 Å². The van der Waals surface area contributed by atoms with Crippen LogP contribution in [0.5, 0.6) is 23.0 Å². The minimum Gasteiger partial charge on any atom is -0.506 e. The van der Waals surface area contributed by atoms with Crippen molar-refractivity contribution in [3.8, 4) is 23.0 Å². The average molecular weight is 530 g/mol. The van der Waals surface area contributed by atoms with E-state index in [0.29, 0.717) is 16.6 Å². The number of hydrogen-bond acceptors (Lipinski definition) is 8. The molecule has 1 aromatic heterocycles. The molecule has 0 aliphatic carbocycles. The van der Waals surface area contributed by atoms with Crippen molar-refractivity contribution >= 4 is 34.4 Å². The SMILES string of the molecule is CCOc1cc(C2/C(=C(\O)c3c(OC)cccc3OC)C(=O)C(=O)N2c2nc3ccc(C)cc3[nH]2)ccc1O. The molecule has 1 unspecified atom stereocenters. The molecule has 39 heavy (non-hydrogen) atoms. The molecule has 0 radical (unpaired) electrons. The number of ketones is 1. The van der Waals surface area contributed by atoms with Gasteiger partial charge in [-0.25, -0.2) is 4.98 Å². The second-order valence-electron chi connectivity index (χ2n) is 8.95. The van der Waals surface area contributed by atoms with Crippen molar-refractivity contribution in [3.05, 3.63) is 76.9 Å². The van der Waals surface area contributed by atoms with Crippen LogP contribution in [-0.2, 0) is 9.59 Å². The van der Waals surface area contributed by atoms with E-state index < -0.39 is 23.5 Å². The molecular formula is C29H27N3O7. The first-order chi connectivity index (χ1) is 18.8. The molecule has 10 nitrogen and oxygen atoms in total. The van der Waals surface area contributed by atoms with Gasteiger partial charge in [0, 0.05) is 0 Å². The van der Waals surface area contributed by atoms with E-state index in [0.717, 1.165) is 5.56 Å². The minimum atomic E-state index is -1.12. The van der Waals surface area contributed by atoms with Gasteiger partial charge in [-0.2, -0.15) is 0 Å². The zero-order chi connectivity index (χ0) is 27.8. The molecule has 3 aromatic carbocycles. The molecule has 2 heterocycles. The number of methoxy groups -OCH3 is 2. The lowest BCUT2D eigenvalue weighted by molar-refractivity contribution is -0.132. The van der Waals surface area contributed by atoms with Crippen molar-refractivity contribution in [2.24, 2.45) is 0 Å². The van der Waals surface area contributed by atoms with Crippen LogP contribution in [-0.4, -0.2) is 52.7 Å². The number of aliphatic hydroxyl groups excluding tert-OH is 1. The highest BCUT2D eigenvalue weighted by molar-refractivity contribution is 6.51. The lowest BCUT2D eigenvalue weighted by Crippen LogP contribution is -2.30. The van der Waals surface area contributed by atoms with E-state index in [4.69, 9.17) is 14.2 Å². The van der Waals surface area contributed by atoms with Gasteiger partial charge in [-0.15, -0.1) is 0 Å². The molecule has 5 rings (SSSR count). The van der Waals surface area contributed by atoms with Gasteiger partial charge < -0.3 is 29.4 Å². The predicted molar refractivity (Wildman–Crippen MR) is 144 cm³/mol. The van der Waals surface area contributed by atoms with E-state index in [-0.39, 0.29) is 46.7 Å². The third-order valence-corrected chi connectivity index (χ3v) is 6.56. The van der Waals surface area contributed by atoms with Crippen LogP contribution in [0.1, 0.15) is 29.7 Å². The second-order valence-corrected chi connectivity index (χ2v) is 8.95. The Kier molecular flexibility index (Phi) is 6.61. The molecule has 1 atom stereocenters. The number of amides is 1. The Hall–Kier alpha value is -4.99. The van der Waals surface area contributed by atoms with Crippen LogP contribution in [0.15, 0.2) is 60.2 Å². The first-order valence-electron chi connectivity index (χ1n) is 12.2. The number of nitrogens with one attached hydrogen (secondary N) is 1. The van der Waals surface area contributed by atoms with Crippen LogP contribution in [0.2, 0.25) is 0 Å². The lowest BCUT2D eigenvalue weighted by Gasteiger charge is -2.24. The molecule has 4 aromatic rings. The van der Waals surface area contributed by atoms with Gasteiger partial charge in [0.05, 0.1) is 43.5 Å². The van der Waals surface area contributed by atoms with Crippen molar-refractivity contribution in [1.82, 2.24) is 9.97 Å². The summed E-state index contributed by atoms with van der Waals surface area (Å²) in [4.78, 5) is 36.1. The Bertz CT molecular complexity index is 1620. The fourth-order valence-electron chi connectivity index (χ4n) is 4.78. The number of ether oxygens (including phenoxy) is 3. The number of rotatable bonds is 7. The number of aromatic hydroxyl groups is 1. The Morgan fingerprint density at radius 1 is 1.03 bits per heavy atom. The number of fused-ring (bicyclic) bond motifs is 1. The molecule has 0 bridgehead atoms. The number of aromatic amines is 1. The molecular weight excluding hydrogens is 502 g/mol. The predicted octanol–water partition coefficient (Wildman–Crippen LogP) is 4.62. The Morgan fingerprint density at radius 2 is 1.74 bits per heavy atom. The maximum Gasteiger partial charge on any atom is 0.302 e. The number of hydrogen-bond donors (Lipinski definition) is 3. The number of Topliss-reactive ketones (excluding diaryl/α,β-unsaturated/α-hetero) is 1. The van der Waals surface area contributed by atoms with E-state index in [1.807, 2.05) is 25.1 Å². The van der Waals surface area contributed by atoms with Gasteiger partial charge >= 0.3 is 5.91 Å². The Balaban J connectivity index is 1.79. The summed E-state index contributed by atoms with van der Waals surface area (Å²) in [6, 6.07) is 13.8. The number of aryl methyl sites for hydroxylation is 1.